The number of urea groups is 1. The maximum Gasteiger partial charge on any atom is 0.341 e. The number of carbonyl (C=O) groups is 2. The summed E-state index contributed by atoms with van der Waals surface area (Å²) in [5, 5.41) is 4.02. The van der Waals surface area contributed by atoms with Crippen molar-refractivity contribution < 1.29 is 14.3 Å². The van der Waals surface area contributed by atoms with Gasteiger partial charge in [0, 0.05) is 29.3 Å². The minimum Gasteiger partial charge on any atom is -0.462 e. The molecule has 6 nitrogen and oxygen atoms in total. The van der Waals surface area contributed by atoms with E-state index in [2.05, 4.69) is 10.3 Å². The van der Waals surface area contributed by atoms with E-state index in [4.69, 9.17) is 4.74 Å². The molecule has 30 heavy (non-hydrogen) atoms. The highest BCUT2D eigenvalue weighted by Gasteiger charge is 2.27. The molecule has 6 heteroatoms. The van der Waals surface area contributed by atoms with Gasteiger partial charge in [0.2, 0.25) is 0 Å². The van der Waals surface area contributed by atoms with Crippen LogP contribution in [0.3, 0.4) is 0 Å². The number of nitrogens with zero attached hydrogens (tertiary/aromatic N) is 1. The molecule has 1 aromatic heterocycles. The third kappa shape index (κ3) is 3.68. The number of H-pyrrole nitrogens is 1. The molecule has 0 spiro atoms. The number of anilines is 1. The molecule has 4 rings (SSSR count). The van der Waals surface area contributed by atoms with Crippen molar-refractivity contribution in [2.45, 2.75) is 27.2 Å². The van der Waals surface area contributed by atoms with Gasteiger partial charge in [0.15, 0.2) is 0 Å². The Morgan fingerprint density at radius 2 is 1.97 bits per heavy atom. The number of aromatic nitrogens is 1. The van der Waals surface area contributed by atoms with E-state index in [1.54, 1.807) is 18.0 Å². The van der Waals surface area contributed by atoms with E-state index in [1.165, 1.54) is 0 Å². The molecule has 2 amide bonds. The normalized spacial score (nSPS) is 13.4. The van der Waals surface area contributed by atoms with Crippen LogP contribution in [-0.4, -0.2) is 35.0 Å². The lowest BCUT2D eigenvalue weighted by molar-refractivity contribution is -0.136. The van der Waals surface area contributed by atoms with E-state index >= 15 is 0 Å². The number of aromatic amines is 1. The fourth-order valence-corrected chi connectivity index (χ4v) is 3.87. The lowest BCUT2D eigenvalue weighted by atomic mass is 10.0. The van der Waals surface area contributed by atoms with Crippen molar-refractivity contribution in [1.29, 1.82) is 0 Å². The van der Waals surface area contributed by atoms with E-state index in [0.29, 0.717) is 18.5 Å². The molecule has 154 valence electrons. The molecule has 1 aliphatic rings. The van der Waals surface area contributed by atoms with Crippen molar-refractivity contribution in [1.82, 2.24) is 9.88 Å². The molecular formula is C24H25N3O3. The second-order valence-corrected chi connectivity index (χ2v) is 7.48. The topological polar surface area (TPSA) is 74.4 Å². The zero-order valence-corrected chi connectivity index (χ0v) is 17.4. The maximum atomic E-state index is 13.0. The Kier molecular flexibility index (Phi) is 5.31. The standard InChI is InChI=1S/C24H25N3O3/c1-4-30-23(28)19-14-27(24(29)26-20-10-9-15(2)13-16(20)3)12-11-18-17-7-5-6-8-21(17)25-22(18)19/h5-10,13-14,25H,4,11-12H2,1-3H3,(H,26,29). The van der Waals surface area contributed by atoms with Crippen LogP contribution in [0.25, 0.3) is 16.5 Å². The number of nitrogens with one attached hydrogen (secondary N) is 2. The number of rotatable bonds is 3. The molecule has 0 fully saturated rings. The summed E-state index contributed by atoms with van der Waals surface area (Å²) in [7, 11) is 0. The van der Waals surface area contributed by atoms with Crippen LogP contribution in [0.1, 0.15) is 29.3 Å². The summed E-state index contributed by atoms with van der Waals surface area (Å²) in [5.74, 6) is -0.448. The molecule has 2 N–H and O–H groups in total. The van der Waals surface area contributed by atoms with Crippen molar-refractivity contribution in [2.75, 3.05) is 18.5 Å². The van der Waals surface area contributed by atoms with Gasteiger partial charge < -0.3 is 15.0 Å². The van der Waals surface area contributed by atoms with Crippen LogP contribution in [0.5, 0.6) is 0 Å². The molecule has 3 aromatic rings. The van der Waals surface area contributed by atoms with Gasteiger partial charge in [-0.2, -0.15) is 0 Å². The molecule has 0 aliphatic carbocycles. The van der Waals surface area contributed by atoms with Crippen molar-refractivity contribution in [3.8, 4) is 0 Å². The first kappa shape index (κ1) is 19.8. The van der Waals surface area contributed by atoms with Gasteiger partial charge in [0.25, 0.3) is 0 Å². The van der Waals surface area contributed by atoms with E-state index < -0.39 is 5.97 Å². The number of esters is 1. The van der Waals surface area contributed by atoms with Crippen molar-refractivity contribution in [3.63, 3.8) is 0 Å². The fourth-order valence-electron chi connectivity index (χ4n) is 3.87. The predicted molar refractivity (Wildman–Crippen MR) is 118 cm³/mol. The molecule has 0 radical (unpaired) electrons. The van der Waals surface area contributed by atoms with Gasteiger partial charge in [-0.3, -0.25) is 4.90 Å². The Bertz CT molecular complexity index is 1160. The molecule has 0 bridgehead atoms. The highest BCUT2D eigenvalue weighted by atomic mass is 16.5. The second-order valence-electron chi connectivity index (χ2n) is 7.48. The van der Waals surface area contributed by atoms with E-state index in [9.17, 15) is 9.59 Å². The van der Waals surface area contributed by atoms with Gasteiger partial charge in [0.05, 0.1) is 17.9 Å². The Morgan fingerprint density at radius 1 is 1.17 bits per heavy atom. The molecule has 1 aliphatic heterocycles. The average molecular weight is 403 g/mol. The Labute approximate surface area is 175 Å². The minimum absolute atomic E-state index is 0.264. The van der Waals surface area contributed by atoms with Gasteiger partial charge in [0.1, 0.15) is 0 Å². The van der Waals surface area contributed by atoms with Crippen molar-refractivity contribution >= 4 is 34.2 Å². The monoisotopic (exact) mass is 403 g/mol. The number of fused-ring (bicyclic) bond motifs is 3. The van der Waals surface area contributed by atoms with Gasteiger partial charge in [-0.25, -0.2) is 9.59 Å². The average Bonchev–Trinajstić information content (AvgIpc) is 2.97. The SMILES string of the molecule is CCOC(=O)C1=CN(C(=O)Nc2ccc(C)cc2C)CCc2c1[nH]c1ccccc21. The molecule has 0 atom stereocenters. The quantitative estimate of drug-likeness (QED) is 0.618. The smallest absolute Gasteiger partial charge is 0.341 e. The molecular weight excluding hydrogens is 378 g/mol. The van der Waals surface area contributed by atoms with Crippen LogP contribution >= 0.6 is 0 Å². The number of amides is 2. The lowest BCUT2D eigenvalue weighted by Gasteiger charge is -2.19. The largest absolute Gasteiger partial charge is 0.462 e. The summed E-state index contributed by atoms with van der Waals surface area (Å²) in [6.07, 6.45) is 2.22. The number of ether oxygens (including phenoxy) is 1. The number of para-hydroxylation sites is 1. The van der Waals surface area contributed by atoms with Crippen LogP contribution in [0, 0.1) is 13.8 Å². The van der Waals surface area contributed by atoms with Crippen LogP contribution in [0.4, 0.5) is 10.5 Å². The highest BCUT2D eigenvalue weighted by Crippen LogP contribution is 2.31. The summed E-state index contributed by atoms with van der Waals surface area (Å²) in [6.45, 7) is 6.46. The molecule has 0 unspecified atom stereocenters. The Morgan fingerprint density at radius 3 is 2.73 bits per heavy atom. The number of hydrogen-bond donors (Lipinski definition) is 2. The fraction of sp³-hybridized carbons (Fsp3) is 0.250. The van der Waals surface area contributed by atoms with Crippen LogP contribution in [0.15, 0.2) is 48.7 Å². The zero-order chi connectivity index (χ0) is 21.3. The summed E-state index contributed by atoms with van der Waals surface area (Å²) in [5.41, 5.74) is 5.94. The van der Waals surface area contributed by atoms with E-state index in [0.717, 1.165) is 39.0 Å². The Hall–Kier alpha value is -3.54. The summed E-state index contributed by atoms with van der Waals surface area (Å²) < 4.78 is 5.28. The van der Waals surface area contributed by atoms with Crippen LogP contribution in [0.2, 0.25) is 0 Å². The summed E-state index contributed by atoms with van der Waals surface area (Å²) in [6, 6.07) is 13.5. The highest BCUT2D eigenvalue weighted by molar-refractivity contribution is 6.18. The van der Waals surface area contributed by atoms with Crippen molar-refractivity contribution in [2.24, 2.45) is 0 Å². The number of hydrogen-bond acceptors (Lipinski definition) is 3. The predicted octanol–water partition coefficient (Wildman–Crippen LogP) is 4.78. The van der Waals surface area contributed by atoms with Gasteiger partial charge in [-0.15, -0.1) is 0 Å². The third-order valence-electron chi connectivity index (χ3n) is 5.35. The molecule has 0 saturated carbocycles. The first-order valence-corrected chi connectivity index (χ1v) is 10.1. The van der Waals surface area contributed by atoms with Crippen LogP contribution in [-0.2, 0) is 16.0 Å². The first-order valence-electron chi connectivity index (χ1n) is 10.1. The first-order chi connectivity index (χ1) is 14.5. The number of benzene rings is 2. The number of carbonyl (C=O) groups excluding carboxylic acids is 2. The molecule has 2 heterocycles. The summed E-state index contributed by atoms with van der Waals surface area (Å²) >= 11 is 0. The van der Waals surface area contributed by atoms with Gasteiger partial charge >= 0.3 is 12.0 Å². The van der Waals surface area contributed by atoms with Gasteiger partial charge in [-0.1, -0.05) is 35.9 Å². The molecule has 0 saturated heterocycles. The van der Waals surface area contributed by atoms with E-state index in [-0.39, 0.29) is 12.6 Å². The van der Waals surface area contributed by atoms with Gasteiger partial charge in [-0.05, 0) is 50.5 Å². The Balaban J connectivity index is 1.70. The minimum atomic E-state index is -0.448. The maximum absolute atomic E-state index is 13.0. The van der Waals surface area contributed by atoms with E-state index in [1.807, 2.05) is 56.3 Å². The van der Waals surface area contributed by atoms with Crippen molar-refractivity contribution in [3.05, 3.63) is 71.0 Å². The lowest BCUT2D eigenvalue weighted by Crippen LogP contribution is -2.32. The summed E-state index contributed by atoms with van der Waals surface area (Å²) in [4.78, 5) is 30.7. The van der Waals surface area contributed by atoms with Crippen LogP contribution < -0.4 is 5.32 Å². The zero-order valence-electron chi connectivity index (χ0n) is 17.4. The number of aryl methyl sites for hydroxylation is 2. The third-order valence-corrected chi connectivity index (χ3v) is 5.35. The molecule has 2 aromatic carbocycles. The second kappa shape index (κ2) is 8.06.